The summed E-state index contributed by atoms with van der Waals surface area (Å²) in [5, 5.41) is 13.5. The predicted molar refractivity (Wildman–Crippen MR) is 96.6 cm³/mol. The quantitative estimate of drug-likeness (QED) is 0.679. The molecule has 2 aromatic carbocycles. The van der Waals surface area contributed by atoms with Crippen molar-refractivity contribution in [1.82, 2.24) is 5.32 Å². The number of carboxylic acid groups (broad SMARTS) is 1. The van der Waals surface area contributed by atoms with Crippen LogP contribution in [0.15, 0.2) is 42.5 Å². The third-order valence-electron chi connectivity index (χ3n) is 4.53. The fourth-order valence-corrected chi connectivity index (χ4v) is 3.00. The van der Waals surface area contributed by atoms with Crippen LogP contribution in [0.25, 0.3) is 0 Å². The third-order valence-corrected chi connectivity index (χ3v) is 4.53. The van der Waals surface area contributed by atoms with Crippen LogP contribution in [0.2, 0.25) is 0 Å². The molecule has 28 heavy (non-hydrogen) atoms. The second kappa shape index (κ2) is 8.16. The summed E-state index contributed by atoms with van der Waals surface area (Å²) >= 11 is 0. The molecule has 3 N–H and O–H groups in total. The average Bonchev–Trinajstić information content (AvgIpc) is 3.44. The number of benzene rings is 2. The number of carbonyl (C=O) groups is 3. The van der Waals surface area contributed by atoms with Gasteiger partial charge in [0.2, 0.25) is 11.8 Å². The standard InChI is InChI=1S/C20H18F2N2O4/c21-16-3-1-2-13(19(16)22)14-9-15(14)20(28)24-12-6-4-11(5-7-12)8-17(25)23-10-18(26)27/h1-7,14-15H,8-10H2,(H,23,25)(H,24,28)(H,26,27). The summed E-state index contributed by atoms with van der Waals surface area (Å²) < 4.78 is 27.2. The van der Waals surface area contributed by atoms with E-state index in [0.717, 1.165) is 6.07 Å². The Hall–Kier alpha value is -3.29. The third kappa shape index (κ3) is 4.70. The second-order valence-electron chi connectivity index (χ2n) is 6.63. The lowest BCUT2D eigenvalue weighted by atomic mass is 10.1. The predicted octanol–water partition coefficient (Wildman–Crippen LogP) is 2.45. The van der Waals surface area contributed by atoms with Gasteiger partial charge in [-0.05, 0) is 41.7 Å². The van der Waals surface area contributed by atoms with E-state index in [1.807, 2.05) is 0 Å². The average molecular weight is 388 g/mol. The number of halogens is 2. The van der Waals surface area contributed by atoms with Gasteiger partial charge in [0.15, 0.2) is 11.6 Å². The number of carbonyl (C=O) groups excluding carboxylic acids is 2. The number of rotatable bonds is 7. The van der Waals surface area contributed by atoms with Crippen LogP contribution in [0.4, 0.5) is 14.5 Å². The van der Waals surface area contributed by atoms with E-state index < -0.39 is 36.0 Å². The zero-order valence-corrected chi connectivity index (χ0v) is 14.7. The summed E-state index contributed by atoms with van der Waals surface area (Å²) in [5.74, 6) is -4.41. The molecule has 8 heteroatoms. The van der Waals surface area contributed by atoms with E-state index in [-0.39, 0.29) is 23.8 Å². The number of hydrogen-bond acceptors (Lipinski definition) is 3. The van der Waals surface area contributed by atoms with Gasteiger partial charge in [-0.15, -0.1) is 0 Å². The zero-order chi connectivity index (χ0) is 20.3. The molecule has 2 aromatic rings. The van der Waals surface area contributed by atoms with E-state index in [4.69, 9.17) is 5.11 Å². The molecule has 0 saturated heterocycles. The van der Waals surface area contributed by atoms with Crippen molar-refractivity contribution < 1.29 is 28.3 Å². The first-order valence-corrected chi connectivity index (χ1v) is 8.67. The van der Waals surface area contributed by atoms with Crippen molar-refractivity contribution in [3.8, 4) is 0 Å². The van der Waals surface area contributed by atoms with Gasteiger partial charge in [0.05, 0.1) is 6.42 Å². The van der Waals surface area contributed by atoms with E-state index in [2.05, 4.69) is 10.6 Å². The Morgan fingerprint density at radius 3 is 2.46 bits per heavy atom. The van der Waals surface area contributed by atoms with Crippen molar-refractivity contribution in [2.45, 2.75) is 18.8 Å². The maximum absolute atomic E-state index is 13.8. The van der Waals surface area contributed by atoms with Crippen LogP contribution < -0.4 is 10.6 Å². The van der Waals surface area contributed by atoms with Gasteiger partial charge in [0, 0.05) is 11.6 Å². The van der Waals surface area contributed by atoms with Crippen LogP contribution in [0.1, 0.15) is 23.5 Å². The molecule has 0 heterocycles. The minimum Gasteiger partial charge on any atom is -0.480 e. The summed E-state index contributed by atoms with van der Waals surface area (Å²) in [7, 11) is 0. The molecule has 1 aliphatic carbocycles. The maximum Gasteiger partial charge on any atom is 0.322 e. The molecular formula is C20H18F2N2O4. The molecule has 2 atom stereocenters. The fourth-order valence-electron chi connectivity index (χ4n) is 3.00. The topological polar surface area (TPSA) is 95.5 Å². The molecule has 3 rings (SSSR count). The highest BCUT2D eigenvalue weighted by Gasteiger charge is 2.45. The van der Waals surface area contributed by atoms with Gasteiger partial charge in [-0.2, -0.15) is 0 Å². The SMILES string of the molecule is O=C(O)CNC(=O)Cc1ccc(NC(=O)C2CC2c2cccc(F)c2F)cc1. The van der Waals surface area contributed by atoms with Crippen LogP contribution in [0, 0.1) is 17.6 Å². The van der Waals surface area contributed by atoms with E-state index in [0.29, 0.717) is 17.7 Å². The fraction of sp³-hybridized carbons (Fsp3) is 0.250. The van der Waals surface area contributed by atoms with Crippen LogP contribution in [-0.4, -0.2) is 29.4 Å². The number of carboxylic acids is 1. The van der Waals surface area contributed by atoms with E-state index in [1.165, 1.54) is 12.1 Å². The van der Waals surface area contributed by atoms with Gasteiger partial charge in [-0.1, -0.05) is 24.3 Å². The van der Waals surface area contributed by atoms with Crippen LogP contribution in [0.3, 0.4) is 0 Å². The zero-order valence-electron chi connectivity index (χ0n) is 14.7. The largest absolute Gasteiger partial charge is 0.480 e. The van der Waals surface area contributed by atoms with Crippen molar-refractivity contribution in [2.75, 3.05) is 11.9 Å². The van der Waals surface area contributed by atoms with E-state index in [1.54, 1.807) is 24.3 Å². The molecule has 0 spiro atoms. The van der Waals surface area contributed by atoms with E-state index >= 15 is 0 Å². The summed E-state index contributed by atoms with van der Waals surface area (Å²) in [6.07, 6.45) is 0.471. The first-order valence-electron chi connectivity index (χ1n) is 8.67. The Morgan fingerprint density at radius 1 is 1.07 bits per heavy atom. The minimum absolute atomic E-state index is 0.0189. The highest BCUT2D eigenvalue weighted by Crippen LogP contribution is 2.49. The number of hydrogen-bond donors (Lipinski definition) is 3. The molecule has 0 aliphatic heterocycles. The lowest BCUT2D eigenvalue weighted by molar-refractivity contribution is -0.137. The number of nitrogens with one attached hydrogen (secondary N) is 2. The van der Waals surface area contributed by atoms with Gasteiger partial charge in [-0.3, -0.25) is 14.4 Å². The Kier molecular flexibility index (Phi) is 5.67. The van der Waals surface area contributed by atoms with Crippen molar-refractivity contribution in [2.24, 2.45) is 5.92 Å². The summed E-state index contributed by atoms with van der Waals surface area (Å²) in [6.45, 7) is -0.443. The molecule has 0 bridgehead atoms. The van der Waals surface area contributed by atoms with Crippen LogP contribution in [-0.2, 0) is 20.8 Å². The Bertz CT molecular complexity index is 915. The summed E-state index contributed by atoms with van der Waals surface area (Å²) in [6, 6.07) is 10.5. The van der Waals surface area contributed by atoms with Crippen molar-refractivity contribution in [3.05, 3.63) is 65.2 Å². The van der Waals surface area contributed by atoms with Gasteiger partial charge in [0.25, 0.3) is 0 Å². The van der Waals surface area contributed by atoms with Crippen molar-refractivity contribution in [1.29, 1.82) is 0 Å². The summed E-state index contributed by atoms with van der Waals surface area (Å²) in [4.78, 5) is 34.3. The van der Waals surface area contributed by atoms with Gasteiger partial charge in [-0.25, -0.2) is 8.78 Å². The van der Waals surface area contributed by atoms with Gasteiger partial charge >= 0.3 is 5.97 Å². The number of anilines is 1. The molecule has 1 fully saturated rings. The molecule has 0 aromatic heterocycles. The van der Waals surface area contributed by atoms with Crippen LogP contribution in [0.5, 0.6) is 0 Å². The molecular weight excluding hydrogens is 370 g/mol. The Balaban J connectivity index is 1.53. The first-order chi connectivity index (χ1) is 13.3. The Morgan fingerprint density at radius 2 is 1.79 bits per heavy atom. The monoisotopic (exact) mass is 388 g/mol. The summed E-state index contributed by atoms with van der Waals surface area (Å²) in [5.41, 5.74) is 1.39. The lowest BCUT2D eigenvalue weighted by Gasteiger charge is -2.07. The Labute approximate surface area is 159 Å². The normalized spacial score (nSPS) is 17.6. The lowest BCUT2D eigenvalue weighted by Crippen LogP contribution is -2.30. The molecule has 0 radical (unpaired) electrons. The van der Waals surface area contributed by atoms with Crippen molar-refractivity contribution >= 4 is 23.5 Å². The molecule has 1 aliphatic rings. The number of amides is 2. The molecule has 2 amide bonds. The maximum atomic E-state index is 13.8. The van der Waals surface area contributed by atoms with Crippen molar-refractivity contribution in [3.63, 3.8) is 0 Å². The molecule has 2 unspecified atom stereocenters. The number of aliphatic carboxylic acids is 1. The minimum atomic E-state index is -1.12. The highest BCUT2D eigenvalue weighted by atomic mass is 19.2. The highest BCUT2D eigenvalue weighted by molar-refractivity contribution is 5.95. The first kappa shape index (κ1) is 19.5. The smallest absolute Gasteiger partial charge is 0.322 e. The second-order valence-corrected chi connectivity index (χ2v) is 6.63. The van der Waals surface area contributed by atoms with Gasteiger partial charge < -0.3 is 15.7 Å². The van der Waals surface area contributed by atoms with Crippen LogP contribution >= 0.6 is 0 Å². The van der Waals surface area contributed by atoms with Gasteiger partial charge in [0.1, 0.15) is 6.54 Å². The molecule has 6 nitrogen and oxygen atoms in total. The molecule has 146 valence electrons. The molecule has 1 saturated carbocycles. The van der Waals surface area contributed by atoms with E-state index in [9.17, 15) is 23.2 Å².